The molecule has 4 rings (SSSR count). The molecule has 0 aliphatic carbocycles. The van der Waals surface area contributed by atoms with Crippen molar-refractivity contribution in [2.24, 2.45) is 0 Å². The summed E-state index contributed by atoms with van der Waals surface area (Å²) in [6.45, 7) is 0.489. The number of urea groups is 1. The standard InChI is InChI=1S/C18H18FN3O2/c19-12-6-2-4-8-14(12)21-18(24)22-15-9-20-13-7-3-1-5-11(13)17(15)16(22)10-23/h1-8,15-17,20,23H,9-10H2,(H,21,24)/t15-,16+,17+/m0/s1. The SMILES string of the molecule is O=C(Nc1ccccc1F)N1[C@H](CO)[C@@H]2c3ccccc3NC[C@@H]21. The van der Waals surface area contributed by atoms with Gasteiger partial charge in [-0.15, -0.1) is 0 Å². The number of rotatable bonds is 2. The van der Waals surface area contributed by atoms with Crippen molar-refractivity contribution >= 4 is 17.4 Å². The molecule has 3 N–H and O–H groups in total. The third-order valence-corrected chi connectivity index (χ3v) is 4.90. The third kappa shape index (κ3) is 2.22. The Labute approximate surface area is 139 Å². The zero-order valence-corrected chi connectivity index (χ0v) is 12.9. The lowest BCUT2D eigenvalue weighted by Crippen LogP contribution is -2.69. The van der Waals surface area contributed by atoms with E-state index in [1.54, 1.807) is 17.0 Å². The smallest absolute Gasteiger partial charge is 0.322 e. The molecule has 0 spiro atoms. The van der Waals surface area contributed by atoms with Crippen molar-refractivity contribution in [1.82, 2.24) is 4.90 Å². The molecule has 6 heteroatoms. The molecule has 0 saturated carbocycles. The molecule has 0 aromatic heterocycles. The average molecular weight is 327 g/mol. The number of amides is 2. The van der Waals surface area contributed by atoms with Crippen molar-refractivity contribution in [3.05, 3.63) is 59.9 Å². The quantitative estimate of drug-likeness (QED) is 0.794. The molecular weight excluding hydrogens is 309 g/mol. The maximum absolute atomic E-state index is 13.7. The number of likely N-dealkylation sites (tertiary alicyclic amines) is 1. The number of benzene rings is 2. The number of aliphatic hydroxyl groups is 1. The van der Waals surface area contributed by atoms with E-state index in [9.17, 15) is 14.3 Å². The van der Waals surface area contributed by atoms with Crippen LogP contribution in [0.2, 0.25) is 0 Å². The van der Waals surface area contributed by atoms with Gasteiger partial charge in [0.15, 0.2) is 0 Å². The number of anilines is 2. The zero-order valence-electron chi connectivity index (χ0n) is 12.9. The molecule has 124 valence electrons. The number of nitrogens with zero attached hydrogens (tertiary/aromatic N) is 1. The van der Waals surface area contributed by atoms with E-state index in [1.165, 1.54) is 12.1 Å². The van der Waals surface area contributed by atoms with E-state index in [0.29, 0.717) is 6.54 Å². The van der Waals surface area contributed by atoms with E-state index in [4.69, 9.17) is 0 Å². The number of aliphatic hydroxyl groups excluding tert-OH is 1. The number of para-hydroxylation sites is 2. The Morgan fingerprint density at radius 2 is 2.00 bits per heavy atom. The van der Waals surface area contributed by atoms with Gasteiger partial charge in [0.2, 0.25) is 0 Å². The molecule has 0 radical (unpaired) electrons. The van der Waals surface area contributed by atoms with E-state index < -0.39 is 5.82 Å². The van der Waals surface area contributed by atoms with Gasteiger partial charge in [-0.3, -0.25) is 0 Å². The molecule has 5 nitrogen and oxygen atoms in total. The Kier molecular flexibility index (Phi) is 3.61. The highest BCUT2D eigenvalue weighted by Crippen LogP contribution is 2.46. The summed E-state index contributed by atoms with van der Waals surface area (Å²) >= 11 is 0. The van der Waals surface area contributed by atoms with Crippen LogP contribution in [0.1, 0.15) is 11.5 Å². The number of hydrogen-bond acceptors (Lipinski definition) is 3. The van der Waals surface area contributed by atoms with Crippen LogP contribution in [0.15, 0.2) is 48.5 Å². The van der Waals surface area contributed by atoms with Crippen LogP contribution in [-0.2, 0) is 0 Å². The minimum atomic E-state index is -0.476. The first kappa shape index (κ1) is 15.0. The van der Waals surface area contributed by atoms with Gasteiger partial charge in [-0.25, -0.2) is 9.18 Å². The number of hydrogen-bond donors (Lipinski definition) is 3. The topological polar surface area (TPSA) is 64.6 Å². The number of fused-ring (bicyclic) bond motifs is 3. The fourth-order valence-electron chi connectivity index (χ4n) is 3.80. The number of nitrogens with one attached hydrogen (secondary N) is 2. The first-order valence-corrected chi connectivity index (χ1v) is 7.98. The Bertz CT molecular complexity index is 782. The molecule has 2 amide bonds. The monoisotopic (exact) mass is 327 g/mol. The van der Waals surface area contributed by atoms with Crippen LogP contribution in [0.3, 0.4) is 0 Å². The normalized spacial score (nSPS) is 24.2. The fourth-order valence-corrected chi connectivity index (χ4v) is 3.80. The van der Waals surface area contributed by atoms with Crippen molar-refractivity contribution in [2.75, 3.05) is 23.8 Å². The van der Waals surface area contributed by atoms with E-state index in [-0.39, 0.29) is 36.3 Å². The maximum atomic E-state index is 13.7. The van der Waals surface area contributed by atoms with Gasteiger partial charge in [-0.2, -0.15) is 0 Å². The van der Waals surface area contributed by atoms with Crippen molar-refractivity contribution in [1.29, 1.82) is 0 Å². The van der Waals surface area contributed by atoms with Crippen LogP contribution < -0.4 is 10.6 Å². The highest BCUT2D eigenvalue weighted by Gasteiger charge is 2.53. The molecule has 1 fully saturated rings. The van der Waals surface area contributed by atoms with Crippen LogP contribution in [0.5, 0.6) is 0 Å². The molecular formula is C18H18FN3O2. The molecule has 24 heavy (non-hydrogen) atoms. The Balaban J connectivity index is 1.57. The summed E-state index contributed by atoms with van der Waals surface area (Å²) in [6, 6.07) is 13.3. The molecule has 2 aliphatic rings. The highest BCUT2D eigenvalue weighted by atomic mass is 19.1. The van der Waals surface area contributed by atoms with Crippen LogP contribution in [0, 0.1) is 5.82 Å². The van der Waals surface area contributed by atoms with E-state index in [1.807, 2.05) is 24.3 Å². The molecule has 2 aliphatic heterocycles. The summed E-state index contributed by atoms with van der Waals surface area (Å²) in [6.07, 6.45) is 0. The Morgan fingerprint density at radius 1 is 1.25 bits per heavy atom. The Morgan fingerprint density at radius 3 is 2.79 bits per heavy atom. The second kappa shape index (κ2) is 5.79. The second-order valence-corrected chi connectivity index (χ2v) is 6.13. The van der Waals surface area contributed by atoms with Gasteiger partial charge in [-0.05, 0) is 23.8 Å². The predicted octanol–water partition coefficient (Wildman–Crippen LogP) is 2.61. The van der Waals surface area contributed by atoms with Crippen LogP contribution in [0.4, 0.5) is 20.6 Å². The van der Waals surface area contributed by atoms with Crippen molar-refractivity contribution in [2.45, 2.75) is 18.0 Å². The second-order valence-electron chi connectivity index (χ2n) is 6.13. The number of carbonyl (C=O) groups excluding carboxylic acids is 1. The van der Waals surface area contributed by atoms with E-state index in [0.717, 1.165) is 11.3 Å². The molecule has 3 atom stereocenters. The van der Waals surface area contributed by atoms with Gasteiger partial charge in [0.1, 0.15) is 5.82 Å². The van der Waals surface area contributed by atoms with E-state index in [2.05, 4.69) is 10.6 Å². The average Bonchev–Trinajstić information content (AvgIpc) is 2.57. The Hall–Kier alpha value is -2.60. The summed E-state index contributed by atoms with van der Waals surface area (Å²) in [5.41, 5.74) is 2.31. The molecule has 0 unspecified atom stereocenters. The minimum Gasteiger partial charge on any atom is -0.394 e. The summed E-state index contributed by atoms with van der Waals surface area (Å²) < 4.78 is 13.7. The molecule has 2 aromatic rings. The van der Waals surface area contributed by atoms with Crippen molar-refractivity contribution < 1.29 is 14.3 Å². The van der Waals surface area contributed by atoms with Crippen LogP contribution in [-0.4, -0.2) is 41.3 Å². The first-order valence-electron chi connectivity index (χ1n) is 7.98. The molecule has 0 bridgehead atoms. The first-order chi connectivity index (χ1) is 11.7. The molecule has 2 heterocycles. The summed E-state index contributed by atoms with van der Waals surface area (Å²) in [4.78, 5) is 14.2. The van der Waals surface area contributed by atoms with Gasteiger partial charge >= 0.3 is 6.03 Å². The number of carbonyl (C=O) groups is 1. The minimum absolute atomic E-state index is 0.0520. The van der Waals surface area contributed by atoms with Crippen molar-refractivity contribution in [3.8, 4) is 0 Å². The summed E-state index contributed by atoms with van der Waals surface area (Å²) in [5, 5.41) is 15.7. The lowest BCUT2D eigenvalue weighted by Gasteiger charge is -2.57. The molecule has 1 saturated heterocycles. The van der Waals surface area contributed by atoms with Crippen molar-refractivity contribution in [3.63, 3.8) is 0 Å². The third-order valence-electron chi connectivity index (χ3n) is 4.90. The highest BCUT2D eigenvalue weighted by molar-refractivity contribution is 5.91. The van der Waals surface area contributed by atoms with Gasteiger partial charge in [-0.1, -0.05) is 30.3 Å². The van der Waals surface area contributed by atoms with E-state index >= 15 is 0 Å². The fraction of sp³-hybridized carbons (Fsp3) is 0.278. The molecule has 2 aromatic carbocycles. The zero-order chi connectivity index (χ0) is 16.7. The van der Waals surface area contributed by atoms with Gasteiger partial charge in [0.25, 0.3) is 0 Å². The predicted molar refractivity (Wildman–Crippen MR) is 89.6 cm³/mol. The largest absolute Gasteiger partial charge is 0.394 e. The van der Waals surface area contributed by atoms with Crippen LogP contribution in [0.25, 0.3) is 0 Å². The van der Waals surface area contributed by atoms with Gasteiger partial charge < -0.3 is 20.6 Å². The lowest BCUT2D eigenvalue weighted by molar-refractivity contribution is 0.000848. The number of halogens is 1. The lowest BCUT2D eigenvalue weighted by atomic mass is 9.73. The maximum Gasteiger partial charge on any atom is 0.322 e. The summed E-state index contributed by atoms with van der Waals surface area (Å²) in [5.74, 6) is -0.380. The van der Waals surface area contributed by atoms with Gasteiger partial charge in [0, 0.05) is 18.2 Å². The summed E-state index contributed by atoms with van der Waals surface area (Å²) in [7, 11) is 0. The van der Waals surface area contributed by atoms with Gasteiger partial charge in [0.05, 0.1) is 24.4 Å². The van der Waals surface area contributed by atoms with Crippen LogP contribution >= 0.6 is 0 Å².